The molecule has 1 aliphatic heterocycles. The summed E-state index contributed by atoms with van der Waals surface area (Å²) in [5.41, 5.74) is 9.66. The summed E-state index contributed by atoms with van der Waals surface area (Å²) in [6, 6.07) is 12.8. The van der Waals surface area contributed by atoms with Gasteiger partial charge in [0.1, 0.15) is 0 Å². The van der Waals surface area contributed by atoms with Crippen LogP contribution < -0.4 is 5.73 Å². The maximum absolute atomic E-state index is 12.7. The minimum absolute atomic E-state index is 0.346. The molecule has 2 N–H and O–H groups in total. The zero-order valence-electron chi connectivity index (χ0n) is 11.9. The van der Waals surface area contributed by atoms with Crippen LogP contribution in [0, 0.1) is 6.92 Å². The Bertz CT molecular complexity index is 785. The number of sulfonamides is 1. The maximum atomic E-state index is 12.7. The Balaban J connectivity index is 1.97. The predicted octanol–water partition coefficient (Wildman–Crippen LogP) is 2.32. The van der Waals surface area contributed by atoms with Gasteiger partial charge in [-0.15, -0.1) is 0 Å². The Hall–Kier alpha value is -1.85. The molecule has 0 unspecified atom stereocenters. The number of anilines is 1. The Labute approximate surface area is 125 Å². The number of hydrogen-bond donors (Lipinski definition) is 1. The van der Waals surface area contributed by atoms with Gasteiger partial charge in [0.15, 0.2) is 0 Å². The number of nitrogens with zero attached hydrogens (tertiary/aromatic N) is 1. The first-order valence-corrected chi connectivity index (χ1v) is 8.35. The first-order valence-electron chi connectivity index (χ1n) is 6.91. The molecule has 0 aliphatic carbocycles. The van der Waals surface area contributed by atoms with E-state index in [1.807, 2.05) is 31.2 Å². The molecule has 3 rings (SSSR count). The van der Waals surface area contributed by atoms with E-state index in [9.17, 15) is 8.42 Å². The average molecular weight is 302 g/mol. The Kier molecular flexibility index (Phi) is 3.47. The van der Waals surface area contributed by atoms with Crippen LogP contribution in [0.25, 0.3) is 0 Å². The van der Waals surface area contributed by atoms with Crippen LogP contribution in [0.3, 0.4) is 0 Å². The van der Waals surface area contributed by atoms with Gasteiger partial charge in [-0.3, -0.25) is 0 Å². The number of rotatable bonds is 2. The SMILES string of the molecule is Cc1cccc(S(=O)(=O)N2CCc3cccc(N)c3C2)c1. The molecule has 0 radical (unpaired) electrons. The number of hydrogen-bond acceptors (Lipinski definition) is 3. The van der Waals surface area contributed by atoms with Gasteiger partial charge in [-0.05, 0) is 48.2 Å². The summed E-state index contributed by atoms with van der Waals surface area (Å²) in [5.74, 6) is 0. The largest absolute Gasteiger partial charge is 0.398 e. The van der Waals surface area contributed by atoms with E-state index in [0.29, 0.717) is 30.1 Å². The smallest absolute Gasteiger partial charge is 0.243 e. The van der Waals surface area contributed by atoms with Crippen molar-refractivity contribution < 1.29 is 8.42 Å². The number of benzene rings is 2. The predicted molar refractivity (Wildman–Crippen MR) is 83.3 cm³/mol. The first kappa shape index (κ1) is 14.1. The average Bonchev–Trinajstić information content (AvgIpc) is 2.47. The molecule has 5 heteroatoms. The summed E-state index contributed by atoms with van der Waals surface area (Å²) in [6.45, 7) is 2.73. The van der Waals surface area contributed by atoms with Crippen molar-refractivity contribution in [1.29, 1.82) is 0 Å². The topological polar surface area (TPSA) is 63.4 Å². The van der Waals surface area contributed by atoms with Gasteiger partial charge in [-0.25, -0.2) is 8.42 Å². The maximum Gasteiger partial charge on any atom is 0.243 e. The second-order valence-electron chi connectivity index (χ2n) is 5.39. The third kappa shape index (κ3) is 2.54. The van der Waals surface area contributed by atoms with Gasteiger partial charge in [0.2, 0.25) is 10.0 Å². The lowest BCUT2D eigenvalue weighted by atomic mass is 10.00. The summed E-state index contributed by atoms with van der Waals surface area (Å²) in [6.07, 6.45) is 0.700. The number of nitrogens with two attached hydrogens (primary N) is 1. The second-order valence-corrected chi connectivity index (χ2v) is 7.33. The Morgan fingerprint density at radius 1 is 1.14 bits per heavy atom. The third-order valence-electron chi connectivity index (χ3n) is 3.90. The van der Waals surface area contributed by atoms with E-state index in [2.05, 4.69) is 0 Å². The monoisotopic (exact) mass is 302 g/mol. The number of nitrogen functional groups attached to an aromatic ring is 1. The Morgan fingerprint density at radius 3 is 2.67 bits per heavy atom. The van der Waals surface area contributed by atoms with E-state index in [1.165, 1.54) is 4.31 Å². The molecule has 0 atom stereocenters. The van der Waals surface area contributed by atoms with Crippen LogP contribution >= 0.6 is 0 Å². The molecule has 0 saturated heterocycles. The van der Waals surface area contributed by atoms with Crippen molar-refractivity contribution >= 4 is 15.7 Å². The molecular weight excluding hydrogens is 284 g/mol. The Morgan fingerprint density at radius 2 is 1.90 bits per heavy atom. The van der Waals surface area contributed by atoms with Crippen molar-refractivity contribution in [2.45, 2.75) is 24.8 Å². The van der Waals surface area contributed by atoms with Gasteiger partial charge in [0.05, 0.1) is 4.90 Å². The highest BCUT2D eigenvalue weighted by Crippen LogP contribution is 2.28. The van der Waals surface area contributed by atoms with Gasteiger partial charge in [-0.1, -0.05) is 24.3 Å². The summed E-state index contributed by atoms with van der Waals surface area (Å²) < 4.78 is 27.0. The molecule has 21 heavy (non-hydrogen) atoms. The molecule has 0 fully saturated rings. The van der Waals surface area contributed by atoms with E-state index < -0.39 is 10.0 Å². The van der Waals surface area contributed by atoms with Crippen LogP contribution in [-0.4, -0.2) is 19.3 Å². The minimum atomic E-state index is -3.47. The van der Waals surface area contributed by atoms with Crippen molar-refractivity contribution in [3.63, 3.8) is 0 Å². The fourth-order valence-electron chi connectivity index (χ4n) is 2.71. The molecule has 2 aromatic carbocycles. The normalized spacial score (nSPS) is 15.7. The molecule has 4 nitrogen and oxygen atoms in total. The lowest BCUT2D eigenvalue weighted by Gasteiger charge is -2.29. The molecule has 1 heterocycles. The fraction of sp³-hybridized carbons (Fsp3) is 0.250. The molecule has 1 aliphatic rings. The van der Waals surface area contributed by atoms with Gasteiger partial charge < -0.3 is 5.73 Å². The highest BCUT2D eigenvalue weighted by atomic mass is 32.2. The minimum Gasteiger partial charge on any atom is -0.398 e. The highest BCUT2D eigenvalue weighted by molar-refractivity contribution is 7.89. The van der Waals surface area contributed by atoms with Crippen molar-refractivity contribution in [3.05, 3.63) is 59.2 Å². The molecule has 2 aromatic rings. The summed E-state index contributed by atoms with van der Waals surface area (Å²) in [5, 5.41) is 0. The van der Waals surface area contributed by atoms with E-state index >= 15 is 0 Å². The lowest BCUT2D eigenvalue weighted by molar-refractivity contribution is 0.392. The van der Waals surface area contributed by atoms with Crippen LogP contribution in [0.5, 0.6) is 0 Å². The lowest BCUT2D eigenvalue weighted by Crippen LogP contribution is -2.36. The van der Waals surface area contributed by atoms with Crippen molar-refractivity contribution in [1.82, 2.24) is 4.31 Å². The second kappa shape index (κ2) is 5.16. The van der Waals surface area contributed by atoms with E-state index in [0.717, 1.165) is 16.7 Å². The van der Waals surface area contributed by atoms with Gasteiger partial charge in [0.25, 0.3) is 0 Å². The molecule has 0 aromatic heterocycles. The van der Waals surface area contributed by atoms with Crippen molar-refractivity contribution in [2.24, 2.45) is 0 Å². The summed E-state index contributed by atoms with van der Waals surface area (Å²) in [4.78, 5) is 0.348. The summed E-state index contributed by atoms with van der Waals surface area (Å²) in [7, 11) is -3.47. The van der Waals surface area contributed by atoms with Crippen LogP contribution in [0.1, 0.15) is 16.7 Å². The quantitative estimate of drug-likeness (QED) is 0.866. The molecule has 0 amide bonds. The van der Waals surface area contributed by atoms with E-state index in [-0.39, 0.29) is 0 Å². The molecular formula is C16H18N2O2S. The zero-order chi connectivity index (χ0) is 15.0. The van der Waals surface area contributed by atoms with E-state index in [1.54, 1.807) is 18.2 Å². The van der Waals surface area contributed by atoms with Gasteiger partial charge in [0, 0.05) is 18.8 Å². The third-order valence-corrected chi connectivity index (χ3v) is 5.74. The molecule has 110 valence electrons. The first-order chi connectivity index (χ1) is 9.98. The number of aryl methyl sites for hydroxylation is 1. The molecule has 0 spiro atoms. The van der Waals surface area contributed by atoms with Crippen molar-refractivity contribution in [2.75, 3.05) is 12.3 Å². The molecule has 0 bridgehead atoms. The highest BCUT2D eigenvalue weighted by Gasteiger charge is 2.29. The van der Waals surface area contributed by atoms with Crippen molar-refractivity contribution in [3.8, 4) is 0 Å². The summed E-state index contributed by atoms with van der Waals surface area (Å²) >= 11 is 0. The molecule has 0 saturated carbocycles. The van der Waals surface area contributed by atoms with Crippen LogP contribution in [0.15, 0.2) is 47.4 Å². The van der Waals surface area contributed by atoms with Gasteiger partial charge >= 0.3 is 0 Å². The standard InChI is InChI=1S/C16H18N2O2S/c1-12-4-2-6-14(10-12)21(19,20)18-9-8-13-5-3-7-16(17)15(13)11-18/h2-7,10H,8-9,11,17H2,1H3. The van der Waals surface area contributed by atoms with E-state index in [4.69, 9.17) is 5.73 Å². The van der Waals surface area contributed by atoms with Gasteiger partial charge in [-0.2, -0.15) is 4.31 Å². The zero-order valence-corrected chi connectivity index (χ0v) is 12.7. The number of fused-ring (bicyclic) bond motifs is 1. The van der Waals surface area contributed by atoms with Crippen LogP contribution in [0.2, 0.25) is 0 Å². The fourth-order valence-corrected chi connectivity index (χ4v) is 4.23. The van der Waals surface area contributed by atoms with Crippen LogP contribution in [-0.2, 0) is 23.0 Å². The van der Waals surface area contributed by atoms with Crippen LogP contribution in [0.4, 0.5) is 5.69 Å².